The van der Waals surface area contributed by atoms with Crippen molar-refractivity contribution in [2.24, 2.45) is 0 Å². The lowest BCUT2D eigenvalue weighted by atomic mass is 10.0. The fraction of sp³-hybridized carbons (Fsp3) is 0.421. The smallest absolute Gasteiger partial charge is 0.241 e. The first-order valence-electron chi connectivity index (χ1n) is 9.57. The highest BCUT2D eigenvalue weighted by molar-refractivity contribution is 7.92. The summed E-state index contributed by atoms with van der Waals surface area (Å²) in [6, 6.07) is 0.355. The lowest BCUT2D eigenvalue weighted by Crippen LogP contribution is -2.46. The molecule has 10 nitrogen and oxygen atoms in total. The highest BCUT2D eigenvalue weighted by atomic mass is 32.2. The van der Waals surface area contributed by atoms with E-state index >= 15 is 0 Å². The van der Waals surface area contributed by atoms with Crippen molar-refractivity contribution >= 4 is 27.6 Å². The molecule has 1 aliphatic heterocycles. The zero-order valence-corrected chi connectivity index (χ0v) is 18.5. The molecule has 0 aliphatic carbocycles. The zero-order valence-electron chi connectivity index (χ0n) is 17.7. The Morgan fingerprint density at radius 2 is 1.91 bits per heavy atom. The van der Waals surface area contributed by atoms with Gasteiger partial charge in [0.15, 0.2) is 23.1 Å². The highest BCUT2D eigenvalue weighted by Gasteiger charge is 2.32. The van der Waals surface area contributed by atoms with Crippen molar-refractivity contribution in [3.63, 3.8) is 0 Å². The Hall–Kier alpha value is -3.06. The van der Waals surface area contributed by atoms with Crippen molar-refractivity contribution in [2.75, 3.05) is 43.6 Å². The molecule has 3 N–H and O–H groups in total. The van der Waals surface area contributed by atoms with Crippen molar-refractivity contribution in [2.45, 2.75) is 18.9 Å². The van der Waals surface area contributed by atoms with E-state index in [1.165, 1.54) is 7.11 Å². The van der Waals surface area contributed by atoms with Gasteiger partial charge in [-0.25, -0.2) is 26.5 Å². The number of benzene rings is 1. The second-order valence-corrected chi connectivity index (χ2v) is 8.98. The van der Waals surface area contributed by atoms with Gasteiger partial charge >= 0.3 is 0 Å². The van der Waals surface area contributed by atoms with Gasteiger partial charge in [0, 0.05) is 12.3 Å². The summed E-state index contributed by atoms with van der Waals surface area (Å²) >= 11 is 0. The zero-order chi connectivity index (χ0) is 23.6. The SMILES string of the molecule is COc1cc(F)c(F)c(C(=O)c2cnc(N(C3CCNCC3)S(C)(=O)=O)nc2N)c1OC. The van der Waals surface area contributed by atoms with Crippen LogP contribution in [0.2, 0.25) is 0 Å². The van der Waals surface area contributed by atoms with Crippen molar-refractivity contribution in [3.8, 4) is 11.5 Å². The number of hydrogen-bond donors (Lipinski definition) is 2. The molecule has 0 saturated carbocycles. The van der Waals surface area contributed by atoms with Crippen LogP contribution in [0.4, 0.5) is 20.5 Å². The van der Waals surface area contributed by atoms with Crippen LogP contribution in [0.1, 0.15) is 28.8 Å². The summed E-state index contributed by atoms with van der Waals surface area (Å²) in [7, 11) is -1.39. The van der Waals surface area contributed by atoms with E-state index in [9.17, 15) is 22.0 Å². The van der Waals surface area contributed by atoms with Gasteiger partial charge < -0.3 is 20.5 Å². The fourth-order valence-corrected chi connectivity index (χ4v) is 4.70. The molecule has 3 rings (SSSR count). The van der Waals surface area contributed by atoms with Crippen LogP contribution in [0.3, 0.4) is 0 Å². The van der Waals surface area contributed by atoms with Gasteiger partial charge in [-0.3, -0.25) is 4.79 Å². The summed E-state index contributed by atoms with van der Waals surface area (Å²) in [5.41, 5.74) is 4.83. The number of nitrogens with two attached hydrogens (primary N) is 1. The van der Waals surface area contributed by atoms with Crippen LogP contribution in [0.15, 0.2) is 12.3 Å². The topological polar surface area (TPSA) is 137 Å². The number of carbonyl (C=O) groups excluding carboxylic acids is 1. The highest BCUT2D eigenvalue weighted by Crippen LogP contribution is 2.36. The molecular formula is C19H23F2N5O5S. The minimum Gasteiger partial charge on any atom is -0.493 e. The van der Waals surface area contributed by atoms with E-state index in [2.05, 4.69) is 15.3 Å². The number of halogens is 2. The van der Waals surface area contributed by atoms with E-state index in [1.54, 1.807) is 0 Å². The Bertz CT molecular complexity index is 1140. The number of ketones is 1. The fourth-order valence-electron chi connectivity index (χ4n) is 3.57. The largest absolute Gasteiger partial charge is 0.493 e. The maximum atomic E-state index is 14.5. The summed E-state index contributed by atoms with van der Waals surface area (Å²) in [6.45, 7) is 1.23. The molecule has 0 amide bonds. The van der Waals surface area contributed by atoms with Gasteiger partial charge in [-0.1, -0.05) is 0 Å². The molecule has 13 heteroatoms. The molecule has 0 atom stereocenters. The summed E-state index contributed by atoms with van der Waals surface area (Å²) in [5.74, 6) is -4.95. The average molecular weight is 471 g/mol. The van der Waals surface area contributed by atoms with E-state index in [0.29, 0.717) is 25.9 Å². The molecule has 0 radical (unpaired) electrons. The monoisotopic (exact) mass is 471 g/mol. The number of piperidine rings is 1. The van der Waals surface area contributed by atoms with Gasteiger partial charge in [0.1, 0.15) is 11.4 Å². The lowest BCUT2D eigenvalue weighted by molar-refractivity contribution is 0.103. The normalized spacial score (nSPS) is 14.8. The third-order valence-electron chi connectivity index (χ3n) is 5.03. The van der Waals surface area contributed by atoms with Crippen molar-refractivity contribution in [1.82, 2.24) is 15.3 Å². The number of rotatable bonds is 7. The number of nitrogens with zero attached hydrogens (tertiary/aromatic N) is 3. The molecule has 32 heavy (non-hydrogen) atoms. The Balaban J connectivity index is 2.07. The molecule has 2 aromatic rings. The summed E-state index contributed by atoms with van der Waals surface area (Å²) in [5, 5.41) is 3.14. The molecule has 1 aliphatic rings. The van der Waals surface area contributed by atoms with Crippen LogP contribution >= 0.6 is 0 Å². The predicted molar refractivity (Wildman–Crippen MR) is 113 cm³/mol. The van der Waals surface area contributed by atoms with E-state index in [-0.39, 0.29) is 23.0 Å². The number of nitrogen functional groups attached to an aromatic ring is 1. The molecule has 1 saturated heterocycles. The molecule has 0 unspecified atom stereocenters. The molecule has 1 fully saturated rings. The number of carbonyl (C=O) groups is 1. The maximum absolute atomic E-state index is 14.5. The summed E-state index contributed by atoms with van der Waals surface area (Å²) < 4.78 is 64.5. The second kappa shape index (κ2) is 9.20. The number of sulfonamides is 1. The molecule has 0 bridgehead atoms. The van der Waals surface area contributed by atoms with Gasteiger partial charge in [0.05, 0.1) is 32.1 Å². The third kappa shape index (κ3) is 4.43. The lowest BCUT2D eigenvalue weighted by Gasteiger charge is -2.32. The maximum Gasteiger partial charge on any atom is 0.241 e. The number of anilines is 2. The number of hydrogen-bond acceptors (Lipinski definition) is 9. The first-order chi connectivity index (χ1) is 15.1. The van der Waals surface area contributed by atoms with Crippen LogP contribution in [0.25, 0.3) is 0 Å². The first-order valence-corrected chi connectivity index (χ1v) is 11.4. The van der Waals surface area contributed by atoms with Crippen molar-refractivity contribution in [1.29, 1.82) is 0 Å². The Labute approximate surface area is 183 Å². The number of ether oxygens (including phenoxy) is 2. The third-order valence-corrected chi connectivity index (χ3v) is 6.21. The van der Waals surface area contributed by atoms with Gasteiger partial charge in [0.2, 0.25) is 21.8 Å². The molecule has 174 valence electrons. The standard InChI is InChI=1S/C19H23F2N5O5S/c1-30-13-8-12(20)15(21)14(17(13)31-2)16(27)11-9-24-19(25-18(11)22)26(32(3,28)29)10-4-6-23-7-5-10/h8-10,23H,4-7H2,1-3H3,(H2,22,24,25). The Morgan fingerprint density at radius 1 is 1.25 bits per heavy atom. The molecular weight excluding hydrogens is 448 g/mol. The van der Waals surface area contributed by atoms with Crippen LogP contribution < -0.4 is 24.8 Å². The van der Waals surface area contributed by atoms with Gasteiger partial charge in [-0.15, -0.1) is 0 Å². The number of methoxy groups -OCH3 is 2. The van der Waals surface area contributed by atoms with E-state index in [1.807, 2.05) is 0 Å². The Kier molecular flexibility index (Phi) is 6.79. The minimum absolute atomic E-state index is 0.194. The van der Waals surface area contributed by atoms with E-state index < -0.39 is 44.9 Å². The summed E-state index contributed by atoms with van der Waals surface area (Å²) in [4.78, 5) is 21.0. The molecule has 2 heterocycles. The predicted octanol–water partition coefficient (Wildman–Crippen LogP) is 1.10. The quantitative estimate of drug-likeness (QED) is 0.569. The van der Waals surface area contributed by atoms with Crippen molar-refractivity contribution in [3.05, 3.63) is 35.0 Å². The van der Waals surface area contributed by atoms with Crippen molar-refractivity contribution < 1.29 is 31.5 Å². The van der Waals surface area contributed by atoms with Gasteiger partial charge in [0.25, 0.3) is 0 Å². The second-order valence-electron chi connectivity index (χ2n) is 7.12. The minimum atomic E-state index is -3.76. The van der Waals surface area contributed by atoms with E-state index in [0.717, 1.165) is 29.9 Å². The summed E-state index contributed by atoms with van der Waals surface area (Å²) in [6.07, 6.45) is 3.06. The average Bonchev–Trinajstić information content (AvgIpc) is 2.74. The van der Waals surface area contributed by atoms with E-state index in [4.69, 9.17) is 15.2 Å². The van der Waals surface area contributed by atoms with Crippen LogP contribution in [-0.4, -0.2) is 63.8 Å². The molecule has 1 aromatic carbocycles. The van der Waals surface area contributed by atoms with Gasteiger partial charge in [-0.2, -0.15) is 4.98 Å². The first kappa shape index (κ1) is 23.6. The van der Waals surface area contributed by atoms with Crippen LogP contribution in [0, 0.1) is 11.6 Å². The van der Waals surface area contributed by atoms with Crippen LogP contribution in [-0.2, 0) is 10.0 Å². The van der Waals surface area contributed by atoms with Gasteiger partial charge in [-0.05, 0) is 25.9 Å². The number of nitrogens with one attached hydrogen (secondary N) is 1. The number of aromatic nitrogens is 2. The molecule has 1 aromatic heterocycles. The Morgan fingerprint density at radius 3 is 2.44 bits per heavy atom. The molecule has 0 spiro atoms. The van der Waals surface area contributed by atoms with Crippen LogP contribution in [0.5, 0.6) is 11.5 Å².